The highest BCUT2D eigenvalue weighted by atomic mass is 32.2. The lowest BCUT2D eigenvalue weighted by atomic mass is 9.81. The fourth-order valence-electron chi connectivity index (χ4n) is 5.05. The van der Waals surface area contributed by atoms with Gasteiger partial charge in [0, 0.05) is 29.8 Å². The molecule has 1 aromatic rings. The first kappa shape index (κ1) is 26.7. The van der Waals surface area contributed by atoms with Gasteiger partial charge in [-0.25, -0.2) is 18.8 Å². The third-order valence-electron chi connectivity index (χ3n) is 7.05. The Bertz CT molecular complexity index is 910. The normalized spacial score (nSPS) is 28.1. The van der Waals surface area contributed by atoms with E-state index in [1.54, 1.807) is 0 Å². The molecule has 0 aromatic carbocycles. The minimum absolute atomic E-state index is 0.0776. The van der Waals surface area contributed by atoms with Gasteiger partial charge in [-0.05, 0) is 94.4 Å². The number of halogens is 2. The molecule has 2 aliphatic heterocycles. The van der Waals surface area contributed by atoms with Crippen LogP contribution in [0.2, 0.25) is 0 Å². The van der Waals surface area contributed by atoms with Crippen LogP contribution in [-0.4, -0.2) is 70.1 Å². The van der Waals surface area contributed by atoms with Crippen molar-refractivity contribution in [2.75, 3.05) is 26.2 Å². The highest BCUT2D eigenvalue weighted by Crippen LogP contribution is 2.35. The molecule has 2 atom stereocenters. The number of fused-ring (bicyclic) bond motifs is 1. The van der Waals surface area contributed by atoms with E-state index in [-0.39, 0.29) is 11.9 Å². The van der Waals surface area contributed by atoms with Gasteiger partial charge in [-0.15, -0.1) is 0 Å². The van der Waals surface area contributed by atoms with E-state index < -0.39 is 12.5 Å². The molecule has 0 bridgehead atoms. The van der Waals surface area contributed by atoms with Gasteiger partial charge in [0.05, 0.1) is 18.2 Å². The third kappa shape index (κ3) is 8.60. The van der Waals surface area contributed by atoms with Gasteiger partial charge >= 0.3 is 0 Å². The average molecular weight is 527 g/mol. The van der Waals surface area contributed by atoms with Crippen LogP contribution in [-0.2, 0) is 16.0 Å². The Balaban J connectivity index is 1.12. The molecule has 1 saturated heterocycles. The standard InChI is InChI=1S/C25H36F2N4O2S2/c1-17-13-20(35-30-17)14-23(32)28-15-19-5-3-18(4-6-19)7-10-31-11-8-21-22(9-12-31)34-24(29-21)33-16-25(2,26)27/h13,15,18-19,21-22H,3-12,14,16H2,1-2H3. The number of amides is 1. The molecule has 10 heteroatoms. The van der Waals surface area contributed by atoms with E-state index in [2.05, 4.69) is 19.3 Å². The maximum atomic E-state index is 13.0. The predicted octanol–water partition coefficient (Wildman–Crippen LogP) is 5.40. The van der Waals surface area contributed by atoms with Gasteiger partial charge in [-0.2, -0.15) is 4.37 Å². The molecule has 3 aliphatic rings. The molecule has 0 spiro atoms. The molecule has 2 unspecified atom stereocenters. The molecule has 1 saturated carbocycles. The second-order valence-electron chi connectivity index (χ2n) is 10.2. The number of likely N-dealkylation sites (tertiary alicyclic amines) is 1. The molecule has 2 fully saturated rings. The predicted molar refractivity (Wildman–Crippen MR) is 139 cm³/mol. The van der Waals surface area contributed by atoms with Gasteiger partial charge in [0.25, 0.3) is 11.8 Å². The number of carbonyl (C=O) groups is 1. The summed E-state index contributed by atoms with van der Waals surface area (Å²) in [5.41, 5.74) is 0.955. The van der Waals surface area contributed by atoms with Crippen LogP contribution >= 0.6 is 23.3 Å². The Morgan fingerprint density at radius 3 is 2.74 bits per heavy atom. The van der Waals surface area contributed by atoms with Crippen LogP contribution in [0.4, 0.5) is 8.78 Å². The number of aromatic nitrogens is 1. The minimum Gasteiger partial charge on any atom is -0.467 e. The Kier molecular flexibility index (Phi) is 9.32. The maximum Gasteiger partial charge on any atom is 0.278 e. The number of aryl methyl sites for hydroxylation is 1. The molecule has 194 valence electrons. The van der Waals surface area contributed by atoms with Crippen LogP contribution < -0.4 is 0 Å². The van der Waals surface area contributed by atoms with Gasteiger partial charge < -0.3 is 9.64 Å². The van der Waals surface area contributed by atoms with Crippen molar-refractivity contribution >= 4 is 40.6 Å². The van der Waals surface area contributed by atoms with Crippen LogP contribution in [0.3, 0.4) is 0 Å². The van der Waals surface area contributed by atoms with E-state index in [4.69, 9.17) is 4.74 Å². The summed E-state index contributed by atoms with van der Waals surface area (Å²) in [6.07, 6.45) is 10.0. The van der Waals surface area contributed by atoms with E-state index in [0.717, 1.165) is 68.7 Å². The van der Waals surface area contributed by atoms with Gasteiger partial charge in [0.15, 0.2) is 6.61 Å². The molecule has 35 heavy (non-hydrogen) atoms. The van der Waals surface area contributed by atoms with Crippen LogP contribution in [0, 0.1) is 18.8 Å². The van der Waals surface area contributed by atoms with Crippen molar-refractivity contribution in [2.45, 2.75) is 82.4 Å². The molecular weight excluding hydrogens is 490 g/mol. The first-order chi connectivity index (χ1) is 16.7. The van der Waals surface area contributed by atoms with Crippen molar-refractivity contribution in [1.82, 2.24) is 9.27 Å². The van der Waals surface area contributed by atoms with Crippen LogP contribution in [0.15, 0.2) is 16.1 Å². The Morgan fingerprint density at radius 1 is 1.26 bits per heavy atom. The lowest BCUT2D eigenvalue weighted by Crippen LogP contribution is -2.29. The molecule has 3 heterocycles. The number of carbonyl (C=O) groups excluding carboxylic acids is 1. The summed E-state index contributed by atoms with van der Waals surface area (Å²) in [4.78, 5) is 24.4. The number of alkyl halides is 2. The molecule has 0 radical (unpaired) electrons. The van der Waals surface area contributed by atoms with Gasteiger partial charge in [-0.1, -0.05) is 11.8 Å². The largest absolute Gasteiger partial charge is 0.467 e. The van der Waals surface area contributed by atoms with Gasteiger partial charge in [0.1, 0.15) is 0 Å². The first-order valence-electron chi connectivity index (χ1n) is 12.7. The second kappa shape index (κ2) is 12.2. The van der Waals surface area contributed by atoms with E-state index >= 15 is 0 Å². The Morgan fingerprint density at radius 2 is 2.03 bits per heavy atom. The number of thioether (sulfide) groups is 1. The van der Waals surface area contributed by atoms with Crippen molar-refractivity contribution in [3.05, 3.63) is 16.6 Å². The van der Waals surface area contributed by atoms with Crippen molar-refractivity contribution in [2.24, 2.45) is 21.8 Å². The molecule has 1 amide bonds. The fourth-order valence-corrected chi connectivity index (χ4v) is 6.94. The quantitative estimate of drug-likeness (QED) is 0.425. The molecule has 1 aromatic heterocycles. The number of nitrogens with zero attached hydrogens (tertiary/aromatic N) is 4. The molecule has 1 aliphatic carbocycles. The van der Waals surface area contributed by atoms with E-state index in [1.165, 1.54) is 42.6 Å². The smallest absolute Gasteiger partial charge is 0.278 e. The number of hydrogen-bond donors (Lipinski definition) is 0. The number of aliphatic imine (C=N–C) groups is 2. The van der Waals surface area contributed by atoms with Crippen molar-refractivity contribution in [3.8, 4) is 0 Å². The summed E-state index contributed by atoms with van der Waals surface area (Å²) in [6, 6.07) is 2.14. The first-order valence-corrected chi connectivity index (χ1v) is 14.4. The second-order valence-corrected chi connectivity index (χ2v) is 12.3. The summed E-state index contributed by atoms with van der Waals surface area (Å²) in [5.74, 6) is -1.75. The van der Waals surface area contributed by atoms with Crippen molar-refractivity contribution in [1.29, 1.82) is 0 Å². The van der Waals surface area contributed by atoms with E-state index in [0.29, 0.717) is 22.8 Å². The molecular formula is C25H36F2N4O2S2. The lowest BCUT2D eigenvalue weighted by molar-refractivity contribution is -0.117. The van der Waals surface area contributed by atoms with Crippen molar-refractivity contribution < 1.29 is 18.3 Å². The zero-order valence-corrected chi connectivity index (χ0v) is 22.3. The zero-order valence-electron chi connectivity index (χ0n) is 20.6. The SMILES string of the molecule is Cc1cc(CC(=O)N=CC2CCC(CCN3CCC4N=C(OCC(C)(F)F)SC4CC3)CC2)sn1. The fraction of sp³-hybridized carbons (Fsp3) is 0.760. The number of rotatable bonds is 8. The van der Waals surface area contributed by atoms with Crippen LogP contribution in [0.5, 0.6) is 0 Å². The summed E-state index contributed by atoms with van der Waals surface area (Å²) in [7, 11) is 0. The van der Waals surface area contributed by atoms with Gasteiger partial charge in [0.2, 0.25) is 5.23 Å². The minimum atomic E-state index is -2.82. The highest BCUT2D eigenvalue weighted by molar-refractivity contribution is 8.14. The Hall–Kier alpha value is -1.39. The lowest BCUT2D eigenvalue weighted by Gasteiger charge is -2.28. The third-order valence-corrected chi connectivity index (χ3v) is 9.20. The summed E-state index contributed by atoms with van der Waals surface area (Å²) in [6.45, 7) is 5.36. The monoisotopic (exact) mass is 526 g/mol. The van der Waals surface area contributed by atoms with Crippen LogP contribution in [0.1, 0.15) is 62.4 Å². The van der Waals surface area contributed by atoms with E-state index in [9.17, 15) is 13.6 Å². The average Bonchev–Trinajstić information content (AvgIpc) is 3.36. The zero-order chi connectivity index (χ0) is 24.8. The molecule has 0 N–H and O–H groups in total. The maximum absolute atomic E-state index is 13.0. The Labute approximate surface area is 215 Å². The topological polar surface area (TPSA) is 67.2 Å². The summed E-state index contributed by atoms with van der Waals surface area (Å²) in [5, 5.41) is 0.786. The van der Waals surface area contributed by atoms with Gasteiger partial charge in [-0.3, -0.25) is 4.79 Å². The van der Waals surface area contributed by atoms with E-state index in [1.807, 2.05) is 19.2 Å². The highest BCUT2D eigenvalue weighted by Gasteiger charge is 2.35. The number of hydrogen-bond acceptors (Lipinski definition) is 7. The molecule has 6 nitrogen and oxygen atoms in total. The summed E-state index contributed by atoms with van der Waals surface area (Å²) >= 11 is 2.91. The number of ether oxygens (including phenoxy) is 1. The molecule has 4 rings (SSSR count). The van der Waals surface area contributed by atoms with Crippen molar-refractivity contribution in [3.63, 3.8) is 0 Å². The summed E-state index contributed by atoms with van der Waals surface area (Å²) < 4.78 is 35.6. The van der Waals surface area contributed by atoms with Crippen LogP contribution in [0.25, 0.3) is 0 Å².